The van der Waals surface area contributed by atoms with Crippen LogP contribution in [0, 0.1) is 0 Å². The number of carbonyl (C=O) groups is 2. The lowest BCUT2D eigenvalue weighted by atomic mass is 9.91. The Morgan fingerprint density at radius 3 is 2.45 bits per heavy atom. The Morgan fingerprint density at radius 2 is 1.82 bits per heavy atom. The molecule has 0 aromatic heterocycles. The van der Waals surface area contributed by atoms with Crippen LogP contribution in [0.4, 0.5) is 5.69 Å². The SMILES string of the molecule is CC(N)(CCCCCC(=O)NO)CC(=O)Nc1ccccc1. The molecular weight excluding hydrogens is 282 g/mol. The molecule has 1 rings (SSSR count). The van der Waals surface area contributed by atoms with Gasteiger partial charge in [-0.2, -0.15) is 0 Å². The summed E-state index contributed by atoms with van der Waals surface area (Å²) < 4.78 is 0. The average Bonchev–Trinajstić information content (AvgIpc) is 2.46. The maximum atomic E-state index is 12.0. The molecule has 0 aliphatic heterocycles. The summed E-state index contributed by atoms with van der Waals surface area (Å²) in [6.07, 6.45) is 3.62. The van der Waals surface area contributed by atoms with Gasteiger partial charge in [-0.3, -0.25) is 14.8 Å². The predicted molar refractivity (Wildman–Crippen MR) is 85.3 cm³/mol. The molecule has 5 N–H and O–H groups in total. The first-order valence-corrected chi connectivity index (χ1v) is 7.50. The van der Waals surface area contributed by atoms with E-state index in [4.69, 9.17) is 10.9 Å². The van der Waals surface area contributed by atoms with Gasteiger partial charge >= 0.3 is 0 Å². The minimum Gasteiger partial charge on any atom is -0.326 e. The molecule has 6 nitrogen and oxygen atoms in total. The van der Waals surface area contributed by atoms with Gasteiger partial charge in [0.2, 0.25) is 11.8 Å². The number of nitrogens with two attached hydrogens (primary N) is 1. The van der Waals surface area contributed by atoms with E-state index >= 15 is 0 Å². The maximum Gasteiger partial charge on any atom is 0.243 e. The Morgan fingerprint density at radius 1 is 1.14 bits per heavy atom. The second-order valence-corrected chi connectivity index (χ2v) is 5.84. The summed E-state index contributed by atoms with van der Waals surface area (Å²) in [5, 5.41) is 11.2. The first kappa shape index (κ1) is 18.1. The van der Waals surface area contributed by atoms with E-state index in [2.05, 4.69) is 5.32 Å². The number of anilines is 1. The molecule has 22 heavy (non-hydrogen) atoms. The van der Waals surface area contributed by atoms with Crippen LogP contribution >= 0.6 is 0 Å². The Kier molecular flexibility index (Phi) is 7.56. The Hall–Kier alpha value is -1.92. The van der Waals surface area contributed by atoms with Crippen LogP contribution in [0.25, 0.3) is 0 Å². The van der Waals surface area contributed by atoms with E-state index in [-0.39, 0.29) is 18.2 Å². The molecule has 2 amide bonds. The molecule has 0 fully saturated rings. The maximum absolute atomic E-state index is 12.0. The zero-order chi connectivity index (χ0) is 16.4. The summed E-state index contributed by atoms with van der Waals surface area (Å²) in [6, 6.07) is 9.27. The molecule has 0 aliphatic rings. The molecule has 1 atom stereocenters. The first-order chi connectivity index (χ1) is 10.4. The van der Waals surface area contributed by atoms with Crippen molar-refractivity contribution in [2.24, 2.45) is 5.73 Å². The second-order valence-electron chi connectivity index (χ2n) is 5.84. The van der Waals surface area contributed by atoms with Crippen LogP contribution in [-0.4, -0.2) is 22.6 Å². The standard InChI is InChI=1S/C16H25N3O3/c1-16(17,11-7-3-6-10-14(20)19-22)12-15(21)18-13-8-4-2-5-9-13/h2,4-5,8-9,22H,3,6-7,10-12,17H2,1H3,(H,18,21)(H,19,20). The summed E-state index contributed by atoms with van der Waals surface area (Å²) in [7, 11) is 0. The lowest BCUT2D eigenvalue weighted by molar-refractivity contribution is -0.129. The second kappa shape index (κ2) is 9.17. The number of nitrogens with one attached hydrogen (secondary N) is 2. The van der Waals surface area contributed by atoms with Crippen LogP contribution in [0.15, 0.2) is 30.3 Å². The van der Waals surface area contributed by atoms with E-state index in [1.165, 1.54) is 0 Å². The fourth-order valence-corrected chi connectivity index (χ4v) is 2.23. The third-order valence-corrected chi connectivity index (χ3v) is 3.40. The highest BCUT2D eigenvalue weighted by Crippen LogP contribution is 2.17. The minimum atomic E-state index is -0.571. The van der Waals surface area contributed by atoms with Crippen LogP contribution in [0.2, 0.25) is 0 Å². The van der Waals surface area contributed by atoms with E-state index in [1.54, 1.807) is 5.48 Å². The third-order valence-electron chi connectivity index (χ3n) is 3.40. The monoisotopic (exact) mass is 307 g/mol. The molecule has 0 heterocycles. The number of hydroxylamine groups is 1. The van der Waals surface area contributed by atoms with Crippen molar-refractivity contribution < 1.29 is 14.8 Å². The number of carbonyl (C=O) groups excluding carboxylic acids is 2. The van der Waals surface area contributed by atoms with Crippen molar-refractivity contribution in [2.45, 2.75) is 51.0 Å². The Bertz CT molecular complexity index is 475. The number of hydrogen-bond donors (Lipinski definition) is 4. The van der Waals surface area contributed by atoms with Gasteiger partial charge in [-0.15, -0.1) is 0 Å². The molecule has 0 saturated carbocycles. The average molecular weight is 307 g/mol. The van der Waals surface area contributed by atoms with Crippen LogP contribution in [0.3, 0.4) is 0 Å². The van der Waals surface area contributed by atoms with E-state index in [9.17, 15) is 9.59 Å². The lowest BCUT2D eigenvalue weighted by Crippen LogP contribution is -2.40. The van der Waals surface area contributed by atoms with Gasteiger partial charge in [0.25, 0.3) is 0 Å². The van der Waals surface area contributed by atoms with E-state index in [1.807, 2.05) is 37.3 Å². The molecule has 0 spiro atoms. The molecule has 1 aromatic rings. The number of hydrogen-bond acceptors (Lipinski definition) is 4. The molecule has 0 bridgehead atoms. The van der Waals surface area contributed by atoms with Crippen molar-refractivity contribution in [1.82, 2.24) is 5.48 Å². The molecule has 1 aromatic carbocycles. The van der Waals surface area contributed by atoms with Crippen molar-refractivity contribution in [2.75, 3.05) is 5.32 Å². The molecule has 122 valence electrons. The summed E-state index contributed by atoms with van der Waals surface area (Å²) in [6.45, 7) is 1.86. The number of benzene rings is 1. The normalized spacial score (nSPS) is 13.2. The van der Waals surface area contributed by atoms with Crippen LogP contribution < -0.4 is 16.5 Å². The first-order valence-electron chi connectivity index (χ1n) is 7.50. The Labute approximate surface area is 131 Å². The molecule has 1 unspecified atom stereocenters. The van der Waals surface area contributed by atoms with E-state index < -0.39 is 5.54 Å². The highest BCUT2D eigenvalue weighted by molar-refractivity contribution is 5.91. The fourth-order valence-electron chi connectivity index (χ4n) is 2.23. The number of amides is 2. The van der Waals surface area contributed by atoms with Gasteiger partial charge in [0, 0.05) is 24.1 Å². The van der Waals surface area contributed by atoms with E-state index in [0.29, 0.717) is 19.3 Å². The molecule has 6 heteroatoms. The quantitative estimate of drug-likeness (QED) is 0.319. The van der Waals surface area contributed by atoms with Crippen molar-refractivity contribution in [3.05, 3.63) is 30.3 Å². The van der Waals surface area contributed by atoms with Crippen molar-refractivity contribution in [3.8, 4) is 0 Å². The third kappa shape index (κ3) is 7.75. The van der Waals surface area contributed by atoms with Gasteiger partial charge in [-0.05, 0) is 31.9 Å². The van der Waals surface area contributed by atoms with Gasteiger partial charge < -0.3 is 11.1 Å². The lowest BCUT2D eigenvalue weighted by Gasteiger charge is -2.24. The van der Waals surface area contributed by atoms with Gasteiger partial charge in [0.15, 0.2) is 0 Å². The predicted octanol–water partition coefficient (Wildman–Crippen LogP) is 2.19. The minimum absolute atomic E-state index is 0.101. The van der Waals surface area contributed by atoms with Crippen LogP contribution in [-0.2, 0) is 9.59 Å². The van der Waals surface area contributed by atoms with Crippen molar-refractivity contribution >= 4 is 17.5 Å². The zero-order valence-corrected chi connectivity index (χ0v) is 13.0. The largest absolute Gasteiger partial charge is 0.326 e. The summed E-state index contributed by atoms with van der Waals surface area (Å²) >= 11 is 0. The van der Waals surface area contributed by atoms with Crippen molar-refractivity contribution in [3.63, 3.8) is 0 Å². The topological polar surface area (TPSA) is 104 Å². The molecular formula is C16H25N3O3. The smallest absolute Gasteiger partial charge is 0.243 e. The van der Waals surface area contributed by atoms with Gasteiger partial charge in [-0.25, -0.2) is 5.48 Å². The van der Waals surface area contributed by atoms with Crippen LogP contribution in [0.5, 0.6) is 0 Å². The Balaban J connectivity index is 2.25. The fraction of sp³-hybridized carbons (Fsp3) is 0.500. The van der Waals surface area contributed by atoms with Gasteiger partial charge in [0.1, 0.15) is 0 Å². The molecule has 0 aliphatic carbocycles. The molecule has 0 radical (unpaired) electrons. The van der Waals surface area contributed by atoms with E-state index in [0.717, 1.165) is 18.5 Å². The number of rotatable bonds is 9. The summed E-state index contributed by atoms with van der Waals surface area (Å²) in [5.41, 5.74) is 7.96. The highest BCUT2D eigenvalue weighted by atomic mass is 16.5. The van der Waals surface area contributed by atoms with Gasteiger partial charge in [0.05, 0.1) is 0 Å². The summed E-state index contributed by atoms with van der Waals surface area (Å²) in [4.78, 5) is 22.8. The molecule has 0 saturated heterocycles. The number of para-hydroxylation sites is 1. The highest BCUT2D eigenvalue weighted by Gasteiger charge is 2.22. The number of unbranched alkanes of at least 4 members (excludes halogenated alkanes) is 2. The van der Waals surface area contributed by atoms with Crippen molar-refractivity contribution in [1.29, 1.82) is 0 Å². The van der Waals surface area contributed by atoms with Gasteiger partial charge in [-0.1, -0.05) is 31.0 Å². The van der Waals surface area contributed by atoms with Crippen LogP contribution in [0.1, 0.15) is 45.4 Å². The zero-order valence-electron chi connectivity index (χ0n) is 13.0. The summed E-state index contributed by atoms with van der Waals surface area (Å²) in [5.74, 6) is -0.478.